The van der Waals surface area contributed by atoms with Gasteiger partial charge in [0.25, 0.3) is 0 Å². The Morgan fingerprint density at radius 2 is 1.94 bits per heavy atom. The molecule has 1 aliphatic rings. The van der Waals surface area contributed by atoms with Gasteiger partial charge in [0.15, 0.2) is 5.78 Å². The molecule has 90 valence electrons. The van der Waals surface area contributed by atoms with E-state index in [1.807, 2.05) is 26.0 Å². The number of halogens is 2. The van der Waals surface area contributed by atoms with Crippen LogP contribution in [0.15, 0.2) is 23.8 Å². The molecule has 17 heavy (non-hydrogen) atoms. The lowest BCUT2D eigenvalue weighted by molar-refractivity contribution is -0.121. The molecule has 0 spiro atoms. The van der Waals surface area contributed by atoms with Crippen molar-refractivity contribution in [1.82, 2.24) is 0 Å². The van der Waals surface area contributed by atoms with E-state index >= 15 is 0 Å². The minimum atomic E-state index is -0.220. The predicted octanol–water partition coefficient (Wildman–Crippen LogP) is 4.77. The first-order valence-electron chi connectivity index (χ1n) is 5.60. The Kier molecular flexibility index (Phi) is 3.33. The van der Waals surface area contributed by atoms with Gasteiger partial charge in [-0.25, -0.2) is 0 Å². The van der Waals surface area contributed by atoms with Gasteiger partial charge in [-0.3, -0.25) is 4.79 Å². The molecule has 0 aliphatic heterocycles. The lowest BCUT2D eigenvalue weighted by Crippen LogP contribution is -2.17. The highest BCUT2D eigenvalue weighted by Crippen LogP contribution is 2.38. The van der Waals surface area contributed by atoms with E-state index < -0.39 is 0 Å². The number of hydrogen-bond acceptors (Lipinski definition) is 1. The molecule has 0 aromatic heterocycles. The van der Waals surface area contributed by atoms with Crippen LogP contribution < -0.4 is 0 Å². The molecule has 1 fully saturated rings. The maximum absolute atomic E-state index is 12.1. The molecular weight excluding hydrogens is 255 g/mol. The maximum atomic E-state index is 12.1. The lowest BCUT2D eigenvalue weighted by Gasteiger charge is -2.12. The quantitative estimate of drug-likeness (QED) is 0.671. The van der Waals surface area contributed by atoms with Crippen LogP contribution in [-0.2, 0) is 4.79 Å². The fourth-order valence-corrected chi connectivity index (χ4v) is 2.36. The topological polar surface area (TPSA) is 17.1 Å². The summed E-state index contributed by atoms with van der Waals surface area (Å²) in [6, 6.07) is 5.41. The molecule has 0 radical (unpaired) electrons. The Balaban J connectivity index is 2.32. The number of rotatable bonds is 1. The van der Waals surface area contributed by atoms with E-state index in [4.69, 9.17) is 23.2 Å². The molecule has 1 nitrogen and oxygen atoms in total. The number of carbonyl (C=O) groups excluding carboxylic acids is 1. The van der Waals surface area contributed by atoms with Crippen molar-refractivity contribution < 1.29 is 4.79 Å². The van der Waals surface area contributed by atoms with Crippen LogP contribution in [0.5, 0.6) is 0 Å². The zero-order valence-corrected chi connectivity index (χ0v) is 11.4. The van der Waals surface area contributed by atoms with Crippen molar-refractivity contribution >= 4 is 35.1 Å². The third kappa shape index (κ3) is 2.56. The molecule has 0 unspecified atom stereocenters. The highest BCUT2D eigenvalue weighted by molar-refractivity contribution is 6.42. The van der Waals surface area contributed by atoms with Gasteiger partial charge in [-0.2, -0.15) is 0 Å². The average molecular weight is 269 g/mol. The zero-order chi connectivity index (χ0) is 12.6. The second kappa shape index (κ2) is 4.47. The molecule has 0 amide bonds. The van der Waals surface area contributed by atoms with Gasteiger partial charge in [0.1, 0.15) is 0 Å². The van der Waals surface area contributed by atoms with Crippen molar-refractivity contribution in [2.45, 2.75) is 26.7 Å². The minimum Gasteiger partial charge on any atom is -0.294 e. The standard InChI is InChI=1S/C14H14Cl2O/c1-14(2)6-5-10(13(14)17)7-9-3-4-11(15)12(16)8-9/h3-4,7-8H,5-6H2,1-2H3/b10-7+. The number of carbonyl (C=O) groups is 1. The molecule has 0 N–H and O–H groups in total. The molecule has 1 aromatic rings. The molecule has 1 aromatic carbocycles. The van der Waals surface area contributed by atoms with Crippen molar-refractivity contribution in [3.8, 4) is 0 Å². The molecule has 2 rings (SSSR count). The summed E-state index contributed by atoms with van der Waals surface area (Å²) in [7, 11) is 0. The SMILES string of the molecule is CC1(C)CC/C(=C\c2ccc(Cl)c(Cl)c2)C1=O. The summed E-state index contributed by atoms with van der Waals surface area (Å²) < 4.78 is 0. The van der Waals surface area contributed by atoms with Gasteiger partial charge in [0, 0.05) is 5.41 Å². The summed E-state index contributed by atoms with van der Waals surface area (Å²) >= 11 is 11.8. The average Bonchev–Trinajstić information content (AvgIpc) is 2.51. The Labute approximate surface area is 111 Å². The van der Waals surface area contributed by atoms with E-state index in [9.17, 15) is 4.79 Å². The molecule has 0 bridgehead atoms. The fraction of sp³-hybridized carbons (Fsp3) is 0.357. The van der Waals surface area contributed by atoms with E-state index in [0.29, 0.717) is 10.0 Å². The Hall–Kier alpha value is -0.790. The smallest absolute Gasteiger partial charge is 0.164 e. The summed E-state index contributed by atoms with van der Waals surface area (Å²) in [6.45, 7) is 3.98. The Morgan fingerprint density at radius 1 is 1.24 bits per heavy atom. The van der Waals surface area contributed by atoms with E-state index in [1.165, 1.54) is 0 Å². The first kappa shape index (κ1) is 12.7. The predicted molar refractivity (Wildman–Crippen MR) is 72.5 cm³/mol. The van der Waals surface area contributed by atoms with Crippen molar-refractivity contribution in [1.29, 1.82) is 0 Å². The third-order valence-corrected chi connectivity index (χ3v) is 3.95. The molecule has 0 saturated heterocycles. The molecule has 1 aliphatic carbocycles. The summed E-state index contributed by atoms with van der Waals surface area (Å²) in [5.74, 6) is 0.239. The van der Waals surface area contributed by atoms with Crippen LogP contribution in [0.25, 0.3) is 6.08 Å². The molecular formula is C14H14Cl2O. The van der Waals surface area contributed by atoms with Gasteiger partial charge in [-0.15, -0.1) is 0 Å². The van der Waals surface area contributed by atoms with Crippen molar-refractivity contribution in [2.24, 2.45) is 5.41 Å². The van der Waals surface area contributed by atoms with Crippen molar-refractivity contribution in [2.75, 3.05) is 0 Å². The molecule has 0 atom stereocenters. The summed E-state index contributed by atoms with van der Waals surface area (Å²) in [4.78, 5) is 12.1. The normalized spacial score (nSPS) is 21.2. The zero-order valence-electron chi connectivity index (χ0n) is 9.89. The minimum absolute atomic E-state index is 0.220. The molecule has 0 heterocycles. The van der Waals surface area contributed by atoms with Crippen LogP contribution in [0, 0.1) is 5.41 Å². The van der Waals surface area contributed by atoms with Gasteiger partial charge in [-0.05, 0) is 42.2 Å². The molecule has 1 saturated carbocycles. The first-order valence-corrected chi connectivity index (χ1v) is 6.36. The number of allylic oxidation sites excluding steroid dienone is 1. The maximum Gasteiger partial charge on any atom is 0.164 e. The number of hydrogen-bond donors (Lipinski definition) is 0. The second-order valence-corrected chi connectivity index (χ2v) is 5.87. The van der Waals surface area contributed by atoms with E-state index in [2.05, 4.69) is 0 Å². The number of ketones is 1. The lowest BCUT2D eigenvalue weighted by atomic mass is 9.90. The summed E-state index contributed by atoms with van der Waals surface area (Å²) in [5.41, 5.74) is 1.59. The third-order valence-electron chi connectivity index (χ3n) is 3.21. The monoisotopic (exact) mass is 268 g/mol. The van der Waals surface area contributed by atoms with Gasteiger partial charge in [-0.1, -0.05) is 43.1 Å². The number of benzene rings is 1. The van der Waals surface area contributed by atoms with Gasteiger partial charge in [0.2, 0.25) is 0 Å². The van der Waals surface area contributed by atoms with Crippen LogP contribution in [0.1, 0.15) is 32.3 Å². The van der Waals surface area contributed by atoms with Crippen molar-refractivity contribution in [3.63, 3.8) is 0 Å². The van der Waals surface area contributed by atoms with E-state index in [1.54, 1.807) is 12.1 Å². The van der Waals surface area contributed by atoms with Crippen LogP contribution in [0.3, 0.4) is 0 Å². The van der Waals surface area contributed by atoms with Crippen LogP contribution >= 0.6 is 23.2 Å². The second-order valence-electron chi connectivity index (χ2n) is 5.06. The number of Topliss-reactive ketones (excluding diaryl/α,β-unsaturated/α-hetero) is 1. The van der Waals surface area contributed by atoms with E-state index in [-0.39, 0.29) is 11.2 Å². The van der Waals surface area contributed by atoms with Crippen LogP contribution in [0.2, 0.25) is 10.0 Å². The molecule has 3 heteroatoms. The Bertz CT molecular complexity index is 501. The van der Waals surface area contributed by atoms with Crippen LogP contribution in [0.4, 0.5) is 0 Å². The van der Waals surface area contributed by atoms with Gasteiger partial charge in [0.05, 0.1) is 10.0 Å². The van der Waals surface area contributed by atoms with Gasteiger partial charge < -0.3 is 0 Å². The van der Waals surface area contributed by atoms with Gasteiger partial charge >= 0.3 is 0 Å². The summed E-state index contributed by atoms with van der Waals surface area (Å²) in [6.07, 6.45) is 3.67. The van der Waals surface area contributed by atoms with Crippen LogP contribution in [-0.4, -0.2) is 5.78 Å². The van der Waals surface area contributed by atoms with E-state index in [0.717, 1.165) is 24.0 Å². The summed E-state index contributed by atoms with van der Waals surface area (Å²) in [5, 5.41) is 1.05. The first-order chi connectivity index (χ1) is 7.90. The largest absolute Gasteiger partial charge is 0.294 e. The highest BCUT2D eigenvalue weighted by atomic mass is 35.5. The Morgan fingerprint density at radius 3 is 2.47 bits per heavy atom. The fourth-order valence-electron chi connectivity index (χ4n) is 2.05. The highest BCUT2D eigenvalue weighted by Gasteiger charge is 2.36. The van der Waals surface area contributed by atoms with Crippen molar-refractivity contribution in [3.05, 3.63) is 39.4 Å².